The highest BCUT2D eigenvalue weighted by atomic mass is 16.5. The van der Waals surface area contributed by atoms with Crippen molar-refractivity contribution in [2.75, 3.05) is 13.2 Å². The van der Waals surface area contributed by atoms with E-state index in [9.17, 15) is 0 Å². The number of rotatable bonds is 15. The van der Waals surface area contributed by atoms with Crippen molar-refractivity contribution in [3.05, 3.63) is 48.0 Å². The fourth-order valence-electron chi connectivity index (χ4n) is 3.28. The lowest BCUT2D eigenvalue weighted by Gasteiger charge is -2.11. The predicted octanol–water partition coefficient (Wildman–Crippen LogP) is 8.74. The molecule has 0 heterocycles. The third-order valence-electron chi connectivity index (χ3n) is 5.23. The predicted molar refractivity (Wildman–Crippen MR) is 197 cm³/mol. The zero-order valence-electron chi connectivity index (χ0n) is 25.4. The minimum atomic E-state index is 0. The maximum absolute atomic E-state index is 5.86. The Bertz CT molecular complexity index is 683. The van der Waals surface area contributed by atoms with Crippen LogP contribution in [-0.2, 0) is 6.42 Å². The number of hydrogen-bond donors (Lipinski definition) is 0. The van der Waals surface area contributed by atoms with Crippen LogP contribution in [0.4, 0.5) is 0 Å². The number of hydrogen-bond acceptors (Lipinski definition) is 2. The van der Waals surface area contributed by atoms with E-state index >= 15 is 0 Å². The van der Waals surface area contributed by atoms with Crippen LogP contribution in [0.3, 0.4) is 0 Å². The fraction of sp³-hybridized carbons (Fsp3) is 0.647. The van der Waals surface area contributed by atoms with E-state index in [-0.39, 0.29) is 22.3 Å². The molecule has 0 atom stereocenters. The first-order chi connectivity index (χ1) is 18.6. The van der Waals surface area contributed by atoms with E-state index in [4.69, 9.17) is 25.2 Å². The molecule has 0 bridgehead atoms. The van der Waals surface area contributed by atoms with Crippen molar-refractivity contribution in [3.8, 4) is 11.5 Å². The maximum atomic E-state index is 5.86. The zero-order chi connectivity index (χ0) is 29.4. The highest BCUT2D eigenvalue weighted by Crippen LogP contribution is 2.18. The minimum Gasteiger partial charge on any atom is -0.493 e. The SMILES string of the molecule is C.C.C.[B]C.[B]C.[B]C.[B]c1cc(OCCCCC)cc(OCCCCC)c1.[B]c1ccc(CCCCCC)cc1. The summed E-state index contributed by atoms with van der Waals surface area (Å²) in [5.41, 5.74) is 2.96. The summed E-state index contributed by atoms with van der Waals surface area (Å²) in [6.45, 7) is 12.6. The Hall–Kier alpha value is -1.64. The molecule has 7 heteroatoms. The molecule has 0 N–H and O–H groups in total. The first kappa shape index (κ1) is 52.0. The average molecular weight is 558 g/mol. The van der Waals surface area contributed by atoms with E-state index in [1.165, 1.54) is 83.8 Å². The van der Waals surface area contributed by atoms with Crippen LogP contribution < -0.4 is 20.4 Å². The number of ether oxygens (including phenoxy) is 2. The van der Waals surface area contributed by atoms with Crippen molar-refractivity contribution in [2.45, 2.75) is 134 Å². The van der Waals surface area contributed by atoms with E-state index < -0.39 is 0 Å². The third-order valence-corrected chi connectivity index (χ3v) is 5.23. The van der Waals surface area contributed by atoms with Crippen LogP contribution in [0.5, 0.6) is 11.5 Å². The van der Waals surface area contributed by atoms with Crippen molar-refractivity contribution in [3.63, 3.8) is 0 Å². The topological polar surface area (TPSA) is 18.5 Å². The molecule has 226 valence electrons. The van der Waals surface area contributed by atoms with Gasteiger partial charge in [0.05, 0.1) is 36.8 Å². The second kappa shape index (κ2) is 42.8. The van der Waals surface area contributed by atoms with Gasteiger partial charge in [-0.1, -0.05) is 144 Å². The van der Waals surface area contributed by atoms with Crippen LogP contribution in [0.25, 0.3) is 0 Å². The molecule has 0 fully saturated rings. The summed E-state index contributed by atoms with van der Waals surface area (Å²) in [5.74, 6) is 1.61. The second-order valence-electron chi connectivity index (χ2n) is 8.40. The lowest BCUT2D eigenvalue weighted by molar-refractivity contribution is 0.292. The van der Waals surface area contributed by atoms with Gasteiger partial charge in [-0.05, 0) is 43.4 Å². The van der Waals surface area contributed by atoms with Crippen LogP contribution in [0, 0.1) is 0 Å². The molecule has 10 radical (unpaired) electrons. The zero-order valence-corrected chi connectivity index (χ0v) is 25.4. The summed E-state index contributed by atoms with van der Waals surface area (Å²) in [7, 11) is 25.0. The highest BCUT2D eigenvalue weighted by Gasteiger charge is 2.01. The Balaban J connectivity index is -0.000000123. The third kappa shape index (κ3) is 34.5. The normalized spacial score (nSPS) is 8.44. The van der Waals surface area contributed by atoms with Crippen molar-refractivity contribution in [1.82, 2.24) is 0 Å². The van der Waals surface area contributed by atoms with E-state index in [1.54, 1.807) is 0 Å². The van der Waals surface area contributed by atoms with Gasteiger partial charge in [-0.2, -0.15) is 0 Å². The van der Waals surface area contributed by atoms with Gasteiger partial charge in [-0.25, -0.2) is 0 Å². The van der Waals surface area contributed by atoms with Crippen molar-refractivity contribution >= 4 is 50.2 Å². The van der Waals surface area contributed by atoms with Crippen molar-refractivity contribution in [1.29, 1.82) is 0 Å². The molecule has 0 saturated heterocycles. The smallest absolute Gasteiger partial charge is 0.122 e. The van der Waals surface area contributed by atoms with Crippen LogP contribution in [0.15, 0.2) is 42.5 Å². The Kier molecular flexibility index (Phi) is 54.4. The molecule has 0 spiro atoms. The lowest BCUT2D eigenvalue weighted by atomic mass is 9.94. The molecule has 0 unspecified atom stereocenters. The largest absolute Gasteiger partial charge is 0.493 e. The van der Waals surface area contributed by atoms with Gasteiger partial charge in [0.1, 0.15) is 27.2 Å². The quantitative estimate of drug-likeness (QED) is 0.161. The fourth-order valence-corrected chi connectivity index (χ4v) is 3.28. The van der Waals surface area contributed by atoms with E-state index in [0.717, 1.165) is 43.0 Å². The van der Waals surface area contributed by atoms with Crippen molar-refractivity contribution in [2.24, 2.45) is 0 Å². The van der Waals surface area contributed by atoms with Gasteiger partial charge in [0.2, 0.25) is 0 Å². The summed E-state index contributed by atoms with van der Waals surface area (Å²) < 4.78 is 11.4. The molecule has 0 aliphatic heterocycles. The molecule has 0 amide bonds. The summed E-state index contributed by atoms with van der Waals surface area (Å²) in [6, 6.07) is 13.8. The molecule has 2 nitrogen and oxygen atoms in total. The van der Waals surface area contributed by atoms with Gasteiger partial charge in [0.25, 0.3) is 0 Å². The van der Waals surface area contributed by atoms with E-state index in [0.29, 0.717) is 5.46 Å². The number of aryl methyl sites for hydroxylation is 1. The summed E-state index contributed by atoms with van der Waals surface area (Å²) in [4.78, 5) is 0. The van der Waals surface area contributed by atoms with Gasteiger partial charge in [-0.15, -0.1) is 0 Å². The first-order valence-electron chi connectivity index (χ1n) is 14.3. The summed E-state index contributed by atoms with van der Waals surface area (Å²) in [6.07, 6.45) is 13.5. The minimum absolute atomic E-state index is 0. The standard InChI is InChI=1S/C16H25BO2.C12H17B.3CH3B.3CH4/c1-3-5-7-9-18-15-11-14(17)12-16(13-15)19-10-8-6-4-2;1-2-3-4-5-6-11-7-9-12(13)10-8-11;3*1-2;;;/h11-13H,3-10H2,1-2H3;7-10H,2-6H2,1H3;3*1H3;3*1H4. The Morgan fingerprint density at radius 3 is 1.27 bits per heavy atom. The molecule has 2 aromatic carbocycles. The van der Waals surface area contributed by atoms with Gasteiger partial charge in [0.15, 0.2) is 0 Å². The Morgan fingerprint density at radius 2 is 0.878 bits per heavy atom. The Labute approximate surface area is 266 Å². The van der Waals surface area contributed by atoms with Gasteiger partial charge < -0.3 is 9.47 Å². The molecular weight excluding hydrogens is 494 g/mol. The molecule has 41 heavy (non-hydrogen) atoms. The Morgan fingerprint density at radius 1 is 0.488 bits per heavy atom. The van der Waals surface area contributed by atoms with Gasteiger partial charge >= 0.3 is 0 Å². The molecule has 0 saturated carbocycles. The number of unbranched alkanes of at least 4 members (excludes halogenated alkanes) is 7. The van der Waals surface area contributed by atoms with Gasteiger partial charge in [-0.3, -0.25) is 0 Å². The maximum Gasteiger partial charge on any atom is 0.122 e. The lowest BCUT2D eigenvalue weighted by Crippen LogP contribution is -2.07. The molecule has 2 rings (SSSR count). The highest BCUT2D eigenvalue weighted by molar-refractivity contribution is 6.32. The monoisotopic (exact) mass is 559 g/mol. The van der Waals surface area contributed by atoms with Crippen LogP contribution in [0.1, 0.15) is 113 Å². The average Bonchev–Trinajstić information content (AvgIpc) is 2.96. The molecule has 0 aliphatic carbocycles. The summed E-state index contributed by atoms with van der Waals surface area (Å²) >= 11 is 0. The molecule has 0 aliphatic rings. The molecule has 0 aromatic heterocycles. The van der Waals surface area contributed by atoms with Gasteiger partial charge in [0, 0.05) is 6.07 Å². The molecule has 2 aromatic rings. The summed E-state index contributed by atoms with van der Waals surface area (Å²) in [5, 5.41) is 0. The first-order valence-corrected chi connectivity index (χ1v) is 14.3. The van der Waals surface area contributed by atoms with Crippen LogP contribution >= 0.6 is 0 Å². The van der Waals surface area contributed by atoms with E-state index in [2.05, 4.69) is 56.4 Å². The van der Waals surface area contributed by atoms with Crippen LogP contribution in [0.2, 0.25) is 20.5 Å². The van der Waals surface area contributed by atoms with Crippen molar-refractivity contribution < 1.29 is 9.47 Å². The second-order valence-corrected chi connectivity index (χ2v) is 8.40. The number of benzene rings is 2. The molecular formula is C34H63B5O2. The van der Waals surface area contributed by atoms with E-state index in [1.807, 2.05) is 30.3 Å². The van der Waals surface area contributed by atoms with Crippen LogP contribution in [-0.4, -0.2) is 52.4 Å².